The molecule has 1 atom stereocenters. The number of hydrogen-bond acceptors (Lipinski definition) is 3. The Balaban J connectivity index is 3.57. The first-order valence-corrected chi connectivity index (χ1v) is 4.89. The monoisotopic (exact) mass is 188 g/mol. The first-order valence-electron chi connectivity index (χ1n) is 4.89. The Hall–Kier alpha value is -0.570. The first-order chi connectivity index (χ1) is 6.07. The largest absolute Gasteiger partial charge is 0.463 e. The van der Waals surface area contributed by atoms with Crippen LogP contribution in [0.25, 0.3) is 0 Å². The molecule has 0 saturated heterocycles. The molecule has 0 heterocycles. The molecule has 0 radical (unpaired) electrons. The summed E-state index contributed by atoms with van der Waals surface area (Å²) in [4.78, 5) is 11.3. The van der Waals surface area contributed by atoms with Gasteiger partial charge in [0.1, 0.15) is 0 Å². The SMILES string of the molecule is CC(C)OC(=O)C(C)CCCCO. The summed E-state index contributed by atoms with van der Waals surface area (Å²) in [5.74, 6) is -0.179. The van der Waals surface area contributed by atoms with E-state index in [2.05, 4.69) is 0 Å². The maximum absolute atomic E-state index is 11.3. The number of esters is 1. The van der Waals surface area contributed by atoms with E-state index in [1.54, 1.807) is 0 Å². The molecule has 1 unspecified atom stereocenters. The summed E-state index contributed by atoms with van der Waals surface area (Å²) in [5.41, 5.74) is 0. The number of ether oxygens (including phenoxy) is 1. The number of aliphatic hydroxyl groups is 1. The zero-order valence-corrected chi connectivity index (χ0v) is 8.75. The summed E-state index contributed by atoms with van der Waals surface area (Å²) >= 11 is 0. The lowest BCUT2D eigenvalue weighted by molar-refractivity contribution is -0.152. The highest BCUT2D eigenvalue weighted by atomic mass is 16.5. The lowest BCUT2D eigenvalue weighted by Gasteiger charge is -2.13. The highest BCUT2D eigenvalue weighted by Crippen LogP contribution is 2.10. The van der Waals surface area contributed by atoms with Gasteiger partial charge in [0, 0.05) is 6.61 Å². The molecule has 0 rings (SSSR count). The quantitative estimate of drug-likeness (QED) is 0.510. The smallest absolute Gasteiger partial charge is 0.308 e. The predicted octanol–water partition coefficient (Wildman–Crippen LogP) is 1.74. The van der Waals surface area contributed by atoms with Crippen LogP contribution in [0, 0.1) is 5.92 Å². The second kappa shape index (κ2) is 6.89. The van der Waals surface area contributed by atoms with Crippen LogP contribution in [0.5, 0.6) is 0 Å². The fourth-order valence-corrected chi connectivity index (χ4v) is 1.03. The van der Waals surface area contributed by atoms with Crippen LogP contribution in [0.4, 0.5) is 0 Å². The van der Waals surface area contributed by atoms with Crippen LogP contribution in [0.3, 0.4) is 0 Å². The molecule has 0 fully saturated rings. The van der Waals surface area contributed by atoms with Gasteiger partial charge in [-0.05, 0) is 26.7 Å². The number of carbonyl (C=O) groups is 1. The molecule has 0 aliphatic heterocycles. The van der Waals surface area contributed by atoms with Gasteiger partial charge in [0.2, 0.25) is 0 Å². The number of unbranched alkanes of at least 4 members (excludes halogenated alkanes) is 1. The number of carbonyl (C=O) groups excluding carboxylic acids is 1. The summed E-state index contributed by atoms with van der Waals surface area (Å²) in [6, 6.07) is 0. The van der Waals surface area contributed by atoms with Crippen molar-refractivity contribution in [3.63, 3.8) is 0 Å². The average Bonchev–Trinajstić information content (AvgIpc) is 2.03. The van der Waals surface area contributed by atoms with E-state index in [0.717, 1.165) is 19.3 Å². The predicted molar refractivity (Wildman–Crippen MR) is 51.3 cm³/mol. The van der Waals surface area contributed by atoms with Crippen molar-refractivity contribution >= 4 is 5.97 Å². The van der Waals surface area contributed by atoms with E-state index in [0.29, 0.717) is 0 Å². The lowest BCUT2D eigenvalue weighted by Crippen LogP contribution is -2.18. The van der Waals surface area contributed by atoms with E-state index < -0.39 is 0 Å². The minimum absolute atomic E-state index is 0.0345. The fourth-order valence-electron chi connectivity index (χ4n) is 1.03. The molecule has 3 heteroatoms. The Morgan fingerprint density at radius 3 is 2.38 bits per heavy atom. The van der Waals surface area contributed by atoms with Gasteiger partial charge in [-0.1, -0.05) is 13.3 Å². The van der Waals surface area contributed by atoms with Crippen LogP contribution in [0.15, 0.2) is 0 Å². The van der Waals surface area contributed by atoms with Crippen molar-refractivity contribution in [2.45, 2.75) is 46.1 Å². The van der Waals surface area contributed by atoms with Crippen molar-refractivity contribution in [3.05, 3.63) is 0 Å². The summed E-state index contributed by atoms with van der Waals surface area (Å²) in [7, 11) is 0. The number of hydrogen-bond donors (Lipinski definition) is 1. The van der Waals surface area contributed by atoms with Crippen molar-refractivity contribution in [2.24, 2.45) is 5.92 Å². The Labute approximate surface area is 80.1 Å². The second-order valence-corrected chi connectivity index (χ2v) is 3.61. The standard InChI is InChI=1S/C10H20O3/c1-8(2)13-10(12)9(3)6-4-5-7-11/h8-9,11H,4-7H2,1-3H3. The normalized spacial score (nSPS) is 13.0. The Morgan fingerprint density at radius 1 is 1.31 bits per heavy atom. The van der Waals surface area contributed by atoms with E-state index >= 15 is 0 Å². The van der Waals surface area contributed by atoms with Crippen molar-refractivity contribution < 1.29 is 14.6 Å². The summed E-state index contributed by atoms with van der Waals surface area (Å²) in [6.07, 6.45) is 2.41. The summed E-state index contributed by atoms with van der Waals surface area (Å²) < 4.78 is 5.04. The van der Waals surface area contributed by atoms with Crippen molar-refractivity contribution in [2.75, 3.05) is 6.61 Å². The summed E-state index contributed by atoms with van der Waals surface area (Å²) in [6.45, 7) is 5.75. The lowest BCUT2D eigenvalue weighted by atomic mass is 10.0. The molecule has 13 heavy (non-hydrogen) atoms. The van der Waals surface area contributed by atoms with Crippen LogP contribution in [-0.4, -0.2) is 23.8 Å². The van der Waals surface area contributed by atoms with Gasteiger partial charge in [-0.3, -0.25) is 4.79 Å². The Morgan fingerprint density at radius 2 is 1.92 bits per heavy atom. The van der Waals surface area contributed by atoms with Gasteiger partial charge in [-0.25, -0.2) is 0 Å². The Kier molecular flexibility index (Phi) is 6.59. The van der Waals surface area contributed by atoms with E-state index in [1.807, 2.05) is 20.8 Å². The maximum atomic E-state index is 11.3. The van der Waals surface area contributed by atoms with E-state index in [-0.39, 0.29) is 24.6 Å². The molecule has 78 valence electrons. The molecular weight excluding hydrogens is 168 g/mol. The van der Waals surface area contributed by atoms with Gasteiger partial charge >= 0.3 is 5.97 Å². The third kappa shape index (κ3) is 6.58. The van der Waals surface area contributed by atoms with Crippen molar-refractivity contribution in [1.29, 1.82) is 0 Å². The molecule has 0 saturated carbocycles. The molecule has 0 aromatic rings. The van der Waals surface area contributed by atoms with Crippen molar-refractivity contribution in [1.82, 2.24) is 0 Å². The molecule has 0 aliphatic rings. The number of rotatable bonds is 6. The van der Waals surface area contributed by atoms with Gasteiger partial charge in [0.15, 0.2) is 0 Å². The zero-order valence-electron chi connectivity index (χ0n) is 8.75. The molecular formula is C10H20O3. The minimum atomic E-state index is -0.132. The molecule has 1 N–H and O–H groups in total. The maximum Gasteiger partial charge on any atom is 0.308 e. The third-order valence-corrected chi connectivity index (χ3v) is 1.80. The molecule has 3 nitrogen and oxygen atoms in total. The van der Waals surface area contributed by atoms with Gasteiger partial charge in [0.05, 0.1) is 12.0 Å². The highest BCUT2D eigenvalue weighted by molar-refractivity contribution is 5.72. The first kappa shape index (κ1) is 12.4. The highest BCUT2D eigenvalue weighted by Gasteiger charge is 2.14. The molecule has 0 spiro atoms. The molecule has 0 aromatic carbocycles. The van der Waals surface area contributed by atoms with Gasteiger partial charge < -0.3 is 9.84 Å². The topological polar surface area (TPSA) is 46.5 Å². The molecule has 0 aromatic heterocycles. The molecule has 0 amide bonds. The van der Waals surface area contributed by atoms with Crippen LogP contribution < -0.4 is 0 Å². The van der Waals surface area contributed by atoms with Crippen LogP contribution in [0.1, 0.15) is 40.0 Å². The van der Waals surface area contributed by atoms with E-state index in [1.165, 1.54) is 0 Å². The summed E-state index contributed by atoms with van der Waals surface area (Å²) in [5, 5.41) is 8.55. The van der Waals surface area contributed by atoms with Crippen LogP contribution >= 0.6 is 0 Å². The van der Waals surface area contributed by atoms with Gasteiger partial charge in [-0.2, -0.15) is 0 Å². The molecule has 0 bridgehead atoms. The van der Waals surface area contributed by atoms with Gasteiger partial charge in [0.25, 0.3) is 0 Å². The fraction of sp³-hybridized carbons (Fsp3) is 0.900. The minimum Gasteiger partial charge on any atom is -0.463 e. The van der Waals surface area contributed by atoms with Gasteiger partial charge in [-0.15, -0.1) is 0 Å². The second-order valence-electron chi connectivity index (χ2n) is 3.61. The zero-order chi connectivity index (χ0) is 10.3. The van der Waals surface area contributed by atoms with Crippen LogP contribution in [-0.2, 0) is 9.53 Å². The van der Waals surface area contributed by atoms with Crippen LogP contribution in [0.2, 0.25) is 0 Å². The number of aliphatic hydroxyl groups excluding tert-OH is 1. The van der Waals surface area contributed by atoms with E-state index in [9.17, 15) is 4.79 Å². The van der Waals surface area contributed by atoms with E-state index in [4.69, 9.17) is 9.84 Å². The Bertz CT molecular complexity index is 143. The van der Waals surface area contributed by atoms with Crippen molar-refractivity contribution in [3.8, 4) is 0 Å². The molecule has 0 aliphatic carbocycles. The third-order valence-electron chi connectivity index (χ3n) is 1.80. The average molecular weight is 188 g/mol.